The Labute approximate surface area is 353 Å². The number of phosphoric acid groups is 1. The first kappa shape index (κ1) is 56.0. The fourth-order valence-electron chi connectivity index (χ4n) is 7.54. The molecule has 0 aromatic carbocycles. The van der Waals surface area contributed by atoms with E-state index in [4.69, 9.17) is 19.3 Å². The van der Waals surface area contributed by atoms with Gasteiger partial charge in [-0.05, 0) is 24.7 Å². The predicted octanol–water partition coefficient (Wildman–Crippen LogP) is 15.3. The maximum Gasteiger partial charge on any atom is 0.469 e. The third kappa shape index (κ3) is 46.0. The smallest absolute Gasteiger partial charge is 0.462 e. The van der Waals surface area contributed by atoms with Crippen LogP contribution in [0.15, 0.2) is 0 Å². The van der Waals surface area contributed by atoms with Crippen LogP contribution in [0, 0.1) is 11.8 Å². The number of carbonyl (C=O) groups is 2. The van der Waals surface area contributed by atoms with Crippen molar-refractivity contribution in [3.05, 3.63) is 0 Å². The van der Waals surface area contributed by atoms with Crippen molar-refractivity contribution in [1.29, 1.82) is 0 Å². The Kier molecular flexibility index (Phi) is 41.1. The first-order valence-electron chi connectivity index (χ1n) is 24.6. The van der Waals surface area contributed by atoms with Crippen LogP contribution in [-0.2, 0) is 28.2 Å². The Bertz CT molecular complexity index is 922. The zero-order valence-corrected chi connectivity index (χ0v) is 39.0. The van der Waals surface area contributed by atoms with E-state index in [1.165, 1.54) is 186 Å². The maximum atomic E-state index is 12.5. The highest BCUT2D eigenvalue weighted by atomic mass is 31.2. The average Bonchev–Trinajstić information content (AvgIpc) is 3.17. The molecule has 0 aromatic heterocycles. The molecule has 0 heterocycles. The zero-order chi connectivity index (χ0) is 42.1. The highest BCUT2D eigenvalue weighted by Gasteiger charge is 2.23. The molecule has 57 heavy (non-hydrogen) atoms. The second-order valence-electron chi connectivity index (χ2n) is 17.9. The van der Waals surface area contributed by atoms with Crippen LogP contribution >= 0.6 is 7.82 Å². The summed E-state index contributed by atoms with van der Waals surface area (Å²) in [6.45, 7) is 8.48. The lowest BCUT2D eigenvalue weighted by Crippen LogP contribution is -2.29. The van der Waals surface area contributed by atoms with Gasteiger partial charge in [0.15, 0.2) is 6.10 Å². The fraction of sp³-hybridized carbons (Fsp3) is 0.958. The lowest BCUT2D eigenvalue weighted by molar-refractivity contribution is -0.161. The van der Waals surface area contributed by atoms with Gasteiger partial charge in [-0.2, -0.15) is 0 Å². The highest BCUT2D eigenvalue weighted by molar-refractivity contribution is 7.46. The van der Waals surface area contributed by atoms with Crippen molar-refractivity contribution < 1.29 is 37.9 Å². The van der Waals surface area contributed by atoms with Gasteiger partial charge >= 0.3 is 19.8 Å². The molecule has 9 heteroatoms. The van der Waals surface area contributed by atoms with Crippen molar-refractivity contribution in [2.75, 3.05) is 13.2 Å². The topological polar surface area (TPSA) is 119 Å². The van der Waals surface area contributed by atoms with Crippen LogP contribution in [0.1, 0.15) is 265 Å². The molecule has 0 aliphatic carbocycles. The van der Waals surface area contributed by atoms with E-state index in [0.29, 0.717) is 6.42 Å². The van der Waals surface area contributed by atoms with Crippen molar-refractivity contribution in [3.8, 4) is 0 Å². The Morgan fingerprint density at radius 3 is 1.11 bits per heavy atom. The minimum absolute atomic E-state index is 0.219. The number of carbonyl (C=O) groups excluding carboxylic acids is 2. The van der Waals surface area contributed by atoms with Crippen molar-refractivity contribution in [3.63, 3.8) is 0 Å². The number of ether oxygens (including phenoxy) is 2. The molecule has 0 aromatic rings. The van der Waals surface area contributed by atoms with Crippen LogP contribution in [0.3, 0.4) is 0 Å². The third-order valence-electron chi connectivity index (χ3n) is 11.6. The molecule has 0 aliphatic rings. The summed E-state index contributed by atoms with van der Waals surface area (Å²) in [7, 11) is -4.75. The number of rotatable bonds is 45. The molecule has 2 atom stereocenters. The van der Waals surface area contributed by atoms with Crippen LogP contribution in [-0.4, -0.2) is 41.0 Å². The molecule has 8 nitrogen and oxygen atoms in total. The summed E-state index contributed by atoms with van der Waals surface area (Å²) in [5, 5.41) is 0. The lowest BCUT2D eigenvalue weighted by atomic mass is 9.99. The molecule has 2 N–H and O–H groups in total. The normalized spacial score (nSPS) is 13.0. The van der Waals surface area contributed by atoms with Crippen LogP contribution in [0.5, 0.6) is 0 Å². The Morgan fingerprint density at radius 1 is 0.456 bits per heavy atom. The van der Waals surface area contributed by atoms with Crippen LogP contribution in [0.2, 0.25) is 0 Å². The predicted molar refractivity (Wildman–Crippen MR) is 239 cm³/mol. The molecule has 0 fully saturated rings. The van der Waals surface area contributed by atoms with Gasteiger partial charge in [0.25, 0.3) is 0 Å². The quantitative estimate of drug-likeness (QED) is 0.0354. The van der Waals surface area contributed by atoms with Crippen LogP contribution < -0.4 is 0 Å². The molecule has 0 aliphatic heterocycles. The Hall–Kier alpha value is -0.950. The molecule has 0 amide bonds. The van der Waals surface area contributed by atoms with E-state index in [1.807, 2.05) is 0 Å². The van der Waals surface area contributed by atoms with E-state index in [0.717, 1.165) is 43.9 Å². The monoisotopic (exact) mass is 831 g/mol. The number of hydrogen-bond acceptors (Lipinski definition) is 6. The molecule has 0 saturated heterocycles. The van der Waals surface area contributed by atoms with E-state index in [9.17, 15) is 14.2 Å². The number of phosphoric ester groups is 1. The van der Waals surface area contributed by atoms with Gasteiger partial charge in [-0.15, -0.1) is 0 Å². The summed E-state index contributed by atoms with van der Waals surface area (Å²) in [6, 6.07) is 0. The minimum atomic E-state index is -4.75. The summed E-state index contributed by atoms with van der Waals surface area (Å²) in [4.78, 5) is 43.0. The fourth-order valence-corrected chi connectivity index (χ4v) is 7.90. The number of hydrogen-bond donors (Lipinski definition) is 2. The molecule has 340 valence electrons. The second-order valence-corrected chi connectivity index (χ2v) is 19.1. The van der Waals surface area contributed by atoms with Crippen molar-refractivity contribution >= 4 is 19.8 Å². The number of unbranched alkanes of at least 4 members (excludes halogenated alkanes) is 30. The first-order chi connectivity index (χ1) is 27.5. The van der Waals surface area contributed by atoms with Gasteiger partial charge in [-0.3, -0.25) is 14.1 Å². The van der Waals surface area contributed by atoms with Gasteiger partial charge in [0.1, 0.15) is 6.61 Å². The van der Waals surface area contributed by atoms with Gasteiger partial charge in [0.05, 0.1) is 6.61 Å². The largest absolute Gasteiger partial charge is 0.469 e. The minimum Gasteiger partial charge on any atom is -0.462 e. The van der Waals surface area contributed by atoms with Crippen LogP contribution in [0.25, 0.3) is 0 Å². The van der Waals surface area contributed by atoms with Crippen molar-refractivity contribution in [2.45, 2.75) is 271 Å². The molecule has 0 saturated carbocycles. The Morgan fingerprint density at radius 2 is 0.772 bits per heavy atom. The standard InChI is InChI=1S/C48H95O8P/c1-5-45(4)39-35-31-27-23-19-15-12-13-17-21-25-29-33-37-41-48(50)56-46(43-55-57(51,52)53)42-54-47(49)40-36-32-28-24-20-16-11-9-7-6-8-10-14-18-22-26-30-34-38-44(2)3/h44-46H,5-43H2,1-4H3,(H2,51,52,53)/t45?,46-/m1/s1. The summed E-state index contributed by atoms with van der Waals surface area (Å²) >= 11 is 0. The average molecular weight is 831 g/mol. The molecule has 0 spiro atoms. The van der Waals surface area contributed by atoms with Gasteiger partial charge in [-0.1, -0.05) is 240 Å². The van der Waals surface area contributed by atoms with Gasteiger partial charge in [0.2, 0.25) is 0 Å². The first-order valence-corrected chi connectivity index (χ1v) is 26.1. The van der Waals surface area contributed by atoms with Crippen LogP contribution in [0.4, 0.5) is 0 Å². The summed E-state index contributed by atoms with van der Waals surface area (Å²) in [5.41, 5.74) is 0. The van der Waals surface area contributed by atoms with E-state index >= 15 is 0 Å². The maximum absolute atomic E-state index is 12.5. The molecule has 0 bridgehead atoms. The summed E-state index contributed by atoms with van der Waals surface area (Å²) in [5.74, 6) is 0.867. The van der Waals surface area contributed by atoms with Gasteiger partial charge in [0, 0.05) is 12.8 Å². The van der Waals surface area contributed by atoms with E-state index < -0.39 is 32.5 Å². The van der Waals surface area contributed by atoms with E-state index in [1.54, 1.807) is 0 Å². The van der Waals surface area contributed by atoms with E-state index in [-0.39, 0.29) is 19.4 Å². The summed E-state index contributed by atoms with van der Waals surface area (Å²) < 4.78 is 26.5. The lowest BCUT2D eigenvalue weighted by Gasteiger charge is -2.18. The SMILES string of the molecule is CCC(C)CCCCCCCCCCCCCCCCC(=O)O[C@H](COC(=O)CCCCCCCCCCCCCCCCCCCCC(C)C)COP(=O)(O)O. The molecule has 0 radical (unpaired) electrons. The molecule has 1 unspecified atom stereocenters. The van der Waals surface area contributed by atoms with Gasteiger partial charge in [-0.25, -0.2) is 4.57 Å². The molecular weight excluding hydrogens is 735 g/mol. The van der Waals surface area contributed by atoms with E-state index in [2.05, 4.69) is 32.2 Å². The van der Waals surface area contributed by atoms with Crippen molar-refractivity contribution in [1.82, 2.24) is 0 Å². The highest BCUT2D eigenvalue weighted by Crippen LogP contribution is 2.36. The van der Waals surface area contributed by atoms with Gasteiger partial charge < -0.3 is 19.3 Å². The summed E-state index contributed by atoms with van der Waals surface area (Å²) in [6.07, 6.45) is 44.0. The third-order valence-corrected chi connectivity index (χ3v) is 12.1. The Balaban J connectivity index is 3.78. The van der Waals surface area contributed by atoms with Crippen molar-refractivity contribution in [2.24, 2.45) is 11.8 Å². The zero-order valence-electron chi connectivity index (χ0n) is 38.1. The molecular formula is C48H95O8P. The second kappa shape index (κ2) is 41.8. The number of esters is 2. The molecule has 0 rings (SSSR count).